The summed E-state index contributed by atoms with van der Waals surface area (Å²) in [6, 6.07) is 17.2. The summed E-state index contributed by atoms with van der Waals surface area (Å²) in [5.41, 5.74) is 2.19. The van der Waals surface area contributed by atoms with E-state index in [0.29, 0.717) is 11.3 Å². The van der Waals surface area contributed by atoms with Gasteiger partial charge in [-0.2, -0.15) is 5.26 Å². The molecular weight excluding hydrogens is 260 g/mol. The number of benzene rings is 2. The molecule has 21 heavy (non-hydrogen) atoms. The Bertz CT molecular complexity index is 697. The van der Waals surface area contributed by atoms with Gasteiger partial charge in [-0.1, -0.05) is 42.5 Å². The summed E-state index contributed by atoms with van der Waals surface area (Å²) in [4.78, 5) is 12.6. The summed E-state index contributed by atoms with van der Waals surface area (Å²) >= 11 is 0. The van der Waals surface area contributed by atoms with Crippen LogP contribution in [0.3, 0.4) is 0 Å². The molecule has 0 radical (unpaired) electrons. The summed E-state index contributed by atoms with van der Waals surface area (Å²) in [5.74, 6) is -0.129. The van der Waals surface area contributed by atoms with Crippen molar-refractivity contribution < 1.29 is 4.79 Å². The van der Waals surface area contributed by atoms with Crippen molar-refractivity contribution in [1.82, 2.24) is 0 Å². The highest BCUT2D eigenvalue weighted by molar-refractivity contribution is 5.99. The molecule has 0 fully saturated rings. The lowest BCUT2D eigenvalue weighted by molar-refractivity contribution is -0.120. The van der Waals surface area contributed by atoms with Crippen molar-refractivity contribution in [3.05, 3.63) is 65.2 Å². The number of hydrogen-bond acceptors (Lipinski definition) is 2. The molecule has 0 saturated carbocycles. The van der Waals surface area contributed by atoms with Gasteiger partial charge >= 0.3 is 0 Å². The second-order valence-electron chi connectivity index (χ2n) is 5.55. The number of aryl methyl sites for hydroxylation is 1. The average Bonchev–Trinajstić information content (AvgIpc) is 2.48. The average molecular weight is 278 g/mol. The van der Waals surface area contributed by atoms with Crippen LogP contribution in [0.5, 0.6) is 0 Å². The smallest absolute Gasteiger partial charge is 0.234 e. The monoisotopic (exact) mass is 278 g/mol. The molecule has 0 aliphatic carbocycles. The number of rotatable bonds is 3. The van der Waals surface area contributed by atoms with Crippen molar-refractivity contribution in [2.45, 2.75) is 26.2 Å². The van der Waals surface area contributed by atoms with Crippen LogP contribution in [0.4, 0.5) is 5.69 Å². The van der Waals surface area contributed by atoms with Gasteiger partial charge < -0.3 is 5.32 Å². The highest BCUT2D eigenvalue weighted by Gasteiger charge is 2.30. The predicted molar refractivity (Wildman–Crippen MR) is 84.0 cm³/mol. The lowest BCUT2D eigenvalue weighted by Crippen LogP contribution is -2.34. The number of amides is 1. The van der Waals surface area contributed by atoms with E-state index in [-0.39, 0.29) is 5.91 Å². The molecule has 0 aliphatic rings. The van der Waals surface area contributed by atoms with Crippen LogP contribution in [0, 0.1) is 18.3 Å². The van der Waals surface area contributed by atoms with Crippen molar-refractivity contribution in [2.24, 2.45) is 0 Å². The first-order valence-corrected chi connectivity index (χ1v) is 6.83. The number of nitriles is 1. The van der Waals surface area contributed by atoms with Crippen molar-refractivity contribution in [2.75, 3.05) is 5.32 Å². The fourth-order valence-electron chi connectivity index (χ4n) is 2.18. The molecule has 1 amide bonds. The number of carbonyl (C=O) groups is 1. The van der Waals surface area contributed by atoms with Gasteiger partial charge in [0.2, 0.25) is 5.91 Å². The molecule has 106 valence electrons. The minimum absolute atomic E-state index is 0.129. The summed E-state index contributed by atoms with van der Waals surface area (Å²) in [7, 11) is 0. The Morgan fingerprint density at radius 2 is 1.76 bits per heavy atom. The zero-order valence-electron chi connectivity index (χ0n) is 12.5. The fourth-order valence-corrected chi connectivity index (χ4v) is 2.18. The van der Waals surface area contributed by atoms with E-state index in [1.165, 1.54) is 0 Å². The fraction of sp³-hybridized carbons (Fsp3) is 0.222. The first kappa shape index (κ1) is 14.8. The standard InChI is InChI=1S/C18H18N2O/c1-13-8-7-11-16(15(13)12-19)20-17(21)18(2,3)14-9-5-4-6-10-14/h4-11H,1-3H3,(H,20,21). The number of carbonyl (C=O) groups excluding carboxylic acids is 1. The first-order valence-electron chi connectivity index (χ1n) is 6.83. The van der Waals surface area contributed by atoms with Crippen molar-refractivity contribution in [3.8, 4) is 6.07 Å². The molecule has 1 N–H and O–H groups in total. The summed E-state index contributed by atoms with van der Waals surface area (Å²) < 4.78 is 0. The molecule has 0 saturated heterocycles. The number of nitrogens with zero attached hydrogens (tertiary/aromatic N) is 1. The van der Waals surface area contributed by atoms with E-state index in [9.17, 15) is 10.1 Å². The molecule has 2 rings (SSSR count). The minimum Gasteiger partial charge on any atom is -0.324 e. The Hall–Kier alpha value is -2.60. The van der Waals surface area contributed by atoms with Crippen molar-refractivity contribution in [3.63, 3.8) is 0 Å². The molecule has 0 unspecified atom stereocenters. The van der Waals surface area contributed by atoms with Gasteiger partial charge in [-0.3, -0.25) is 4.79 Å². The minimum atomic E-state index is -0.669. The molecule has 0 heterocycles. The zero-order valence-corrected chi connectivity index (χ0v) is 12.5. The van der Waals surface area contributed by atoms with E-state index < -0.39 is 5.41 Å². The van der Waals surface area contributed by atoms with Gasteiger partial charge in [0, 0.05) is 0 Å². The van der Waals surface area contributed by atoms with Gasteiger partial charge in [-0.05, 0) is 38.0 Å². The normalized spacial score (nSPS) is 10.8. The number of nitrogens with one attached hydrogen (secondary N) is 1. The highest BCUT2D eigenvalue weighted by atomic mass is 16.2. The van der Waals surface area contributed by atoms with Gasteiger partial charge in [-0.15, -0.1) is 0 Å². The lowest BCUT2D eigenvalue weighted by atomic mass is 9.83. The topological polar surface area (TPSA) is 52.9 Å². The second kappa shape index (κ2) is 5.80. The SMILES string of the molecule is Cc1cccc(NC(=O)C(C)(C)c2ccccc2)c1C#N. The second-order valence-corrected chi connectivity index (χ2v) is 5.55. The molecule has 0 atom stereocenters. The van der Waals surface area contributed by atoms with Gasteiger partial charge in [0.15, 0.2) is 0 Å². The summed E-state index contributed by atoms with van der Waals surface area (Å²) in [6.07, 6.45) is 0. The van der Waals surface area contributed by atoms with Crippen LogP contribution in [0.1, 0.15) is 30.5 Å². The van der Waals surface area contributed by atoms with E-state index in [0.717, 1.165) is 11.1 Å². The maximum atomic E-state index is 12.6. The summed E-state index contributed by atoms with van der Waals surface area (Å²) in [6.45, 7) is 5.61. The van der Waals surface area contributed by atoms with Crippen molar-refractivity contribution in [1.29, 1.82) is 5.26 Å². The molecule has 0 bridgehead atoms. The lowest BCUT2D eigenvalue weighted by Gasteiger charge is -2.24. The Morgan fingerprint density at radius 1 is 1.10 bits per heavy atom. The maximum Gasteiger partial charge on any atom is 0.234 e. The quantitative estimate of drug-likeness (QED) is 0.928. The molecule has 0 aliphatic heterocycles. The molecule has 3 nitrogen and oxygen atoms in total. The predicted octanol–water partition coefficient (Wildman–Crippen LogP) is 3.78. The van der Waals surface area contributed by atoms with E-state index in [4.69, 9.17) is 0 Å². The van der Waals surface area contributed by atoms with Crippen LogP contribution >= 0.6 is 0 Å². The van der Waals surface area contributed by atoms with Crippen LogP contribution in [0.25, 0.3) is 0 Å². The zero-order chi connectivity index (χ0) is 15.5. The van der Waals surface area contributed by atoms with Crippen LogP contribution in [-0.4, -0.2) is 5.91 Å². The van der Waals surface area contributed by atoms with Crippen LogP contribution < -0.4 is 5.32 Å². The molecular formula is C18H18N2O. The molecule has 0 aromatic heterocycles. The van der Waals surface area contributed by atoms with Crippen LogP contribution in [-0.2, 0) is 10.2 Å². The van der Waals surface area contributed by atoms with Crippen molar-refractivity contribution >= 4 is 11.6 Å². The Kier molecular flexibility index (Phi) is 4.09. The van der Waals surface area contributed by atoms with E-state index in [1.54, 1.807) is 6.07 Å². The van der Waals surface area contributed by atoms with Gasteiger partial charge in [0.05, 0.1) is 16.7 Å². The van der Waals surface area contributed by atoms with Gasteiger partial charge in [-0.25, -0.2) is 0 Å². The number of anilines is 1. The molecule has 3 heteroatoms. The third-order valence-electron chi connectivity index (χ3n) is 3.70. The van der Waals surface area contributed by atoms with Crippen LogP contribution in [0.15, 0.2) is 48.5 Å². The van der Waals surface area contributed by atoms with E-state index in [1.807, 2.05) is 63.2 Å². The number of hydrogen-bond donors (Lipinski definition) is 1. The Morgan fingerprint density at radius 3 is 2.38 bits per heavy atom. The Labute approximate surface area is 125 Å². The first-order chi connectivity index (χ1) is 9.96. The molecule has 2 aromatic rings. The largest absolute Gasteiger partial charge is 0.324 e. The highest BCUT2D eigenvalue weighted by Crippen LogP contribution is 2.26. The van der Waals surface area contributed by atoms with E-state index >= 15 is 0 Å². The molecule has 2 aromatic carbocycles. The van der Waals surface area contributed by atoms with Crippen LogP contribution in [0.2, 0.25) is 0 Å². The van der Waals surface area contributed by atoms with Gasteiger partial charge in [0.1, 0.15) is 6.07 Å². The third kappa shape index (κ3) is 2.95. The third-order valence-corrected chi connectivity index (χ3v) is 3.70. The maximum absolute atomic E-state index is 12.6. The van der Waals surface area contributed by atoms with E-state index in [2.05, 4.69) is 11.4 Å². The summed E-state index contributed by atoms with van der Waals surface area (Å²) in [5, 5.41) is 12.1. The Balaban J connectivity index is 2.31. The molecule has 0 spiro atoms. The van der Waals surface area contributed by atoms with Gasteiger partial charge in [0.25, 0.3) is 0 Å².